The number of nitrogens with zero attached hydrogens (tertiary/aromatic N) is 2. The summed E-state index contributed by atoms with van der Waals surface area (Å²) in [6, 6.07) is 2.53. The van der Waals surface area contributed by atoms with Gasteiger partial charge in [-0.2, -0.15) is 0 Å². The van der Waals surface area contributed by atoms with Gasteiger partial charge >= 0.3 is 0 Å². The second-order valence-corrected chi connectivity index (χ2v) is 6.48. The molecule has 1 heterocycles. The van der Waals surface area contributed by atoms with Crippen LogP contribution in [0.5, 0.6) is 0 Å². The van der Waals surface area contributed by atoms with Crippen molar-refractivity contribution in [3.8, 4) is 0 Å². The maximum absolute atomic E-state index is 5.30. The fraction of sp³-hybridized carbons (Fsp3) is 0.778. The van der Waals surface area contributed by atoms with E-state index in [0.717, 1.165) is 36.3 Å². The molecule has 2 N–H and O–H groups in total. The van der Waals surface area contributed by atoms with E-state index in [0.29, 0.717) is 12.6 Å². The first kappa shape index (κ1) is 17.8. The van der Waals surface area contributed by atoms with Crippen LogP contribution in [-0.4, -0.2) is 23.7 Å². The summed E-state index contributed by atoms with van der Waals surface area (Å²) in [7, 11) is 0. The van der Waals surface area contributed by atoms with Crippen LogP contribution in [0.1, 0.15) is 70.8 Å². The molecule has 0 spiro atoms. The Hall–Kier alpha value is -1.52. The molecule has 0 aliphatic heterocycles. The van der Waals surface area contributed by atoms with Crippen molar-refractivity contribution in [2.75, 3.05) is 6.54 Å². The molecule has 1 aliphatic rings. The number of nitrogens with one attached hydrogen (secondary N) is 2. The zero-order valence-corrected chi connectivity index (χ0v) is 14.9. The van der Waals surface area contributed by atoms with E-state index in [-0.39, 0.29) is 0 Å². The van der Waals surface area contributed by atoms with Crippen molar-refractivity contribution in [2.45, 2.75) is 78.3 Å². The van der Waals surface area contributed by atoms with Gasteiger partial charge in [0.15, 0.2) is 11.7 Å². The standard InChI is InChI=1S/C18H32N4O/c1-4-7-14-8-10-16(11-9-14)21-18(19-6-3)20-13-17-12-15(5-2)22-23-17/h12,14,16H,4-11,13H2,1-3H3,(H2,19,20,21). The van der Waals surface area contributed by atoms with Crippen LogP contribution in [0.25, 0.3) is 0 Å². The summed E-state index contributed by atoms with van der Waals surface area (Å²) in [5.74, 6) is 2.64. The Morgan fingerprint density at radius 2 is 2.04 bits per heavy atom. The van der Waals surface area contributed by atoms with Crippen LogP contribution in [0.3, 0.4) is 0 Å². The Bertz CT molecular complexity index is 475. The van der Waals surface area contributed by atoms with Gasteiger partial charge < -0.3 is 15.2 Å². The maximum atomic E-state index is 5.30. The van der Waals surface area contributed by atoms with E-state index in [1.165, 1.54) is 38.5 Å². The molecule has 0 saturated heterocycles. The van der Waals surface area contributed by atoms with Crippen LogP contribution in [0.4, 0.5) is 0 Å². The molecule has 1 saturated carbocycles. The van der Waals surface area contributed by atoms with Crippen molar-refractivity contribution in [1.29, 1.82) is 0 Å². The van der Waals surface area contributed by atoms with Gasteiger partial charge in [-0.15, -0.1) is 0 Å². The molecule has 5 nitrogen and oxygen atoms in total. The lowest BCUT2D eigenvalue weighted by Gasteiger charge is -2.30. The van der Waals surface area contributed by atoms with Crippen LogP contribution < -0.4 is 10.6 Å². The van der Waals surface area contributed by atoms with Crippen LogP contribution in [0, 0.1) is 5.92 Å². The Morgan fingerprint density at radius 1 is 1.26 bits per heavy atom. The topological polar surface area (TPSA) is 62.5 Å². The minimum atomic E-state index is 0.535. The Morgan fingerprint density at radius 3 is 2.65 bits per heavy atom. The molecule has 0 radical (unpaired) electrons. The number of rotatable bonds is 7. The average molecular weight is 320 g/mol. The van der Waals surface area contributed by atoms with Gasteiger partial charge in [0.2, 0.25) is 0 Å². The third-order valence-corrected chi connectivity index (χ3v) is 4.59. The third kappa shape index (κ3) is 5.88. The van der Waals surface area contributed by atoms with Gasteiger partial charge in [0, 0.05) is 18.7 Å². The number of hydrogen-bond donors (Lipinski definition) is 2. The zero-order valence-electron chi connectivity index (χ0n) is 14.9. The van der Waals surface area contributed by atoms with E-state index in [1.807, 2.05) is 6.07 Å². The van der Waals surface area contributed by atoms with E-state index in [2.05, 4.69) is 41.6 Å². The molecule has 0 atom stereocenters. The second kappa shape index (κ2) is 9.58. The first-order valence-electron chi connectivity index (χ1n) is 9.24. The van der Waals surface area contributed by atoms with Gasteiger partial charge in [0.1, 0.15) is 6.54 Å². The monoisotopic (exact) mass is 320 g/mol. The summed E-state index contributed by atoms with van der Waals surface area (Å²) >= 11 is 0. The van der Waals surface area contributed by atoms with E-state index in [4.69, 9.17) is 4.52 Å². The first-order valence-corrected chi connectivity index (χ1v) is 9.24. The van der Waals surface area contributed by atoms with Gasteiger partial charge in [-0.25, -0.2) is 4.99 Å². The quantitative estimate of drug-likeness (QED) is 0.594. The SMILES string of the molecule is CCCC1CCC(NC(=NCc2cc(CC)no2)NCC)CC1. The van der Waals surface area contributed by atoms with Gasteiger partial charge in [-0.3, -0.25) is 0 Å². The van der Waals surface area contributed by atoms with E-state index >= 15 is 0 Å². The summed E-state index contributed by atoms with van der Waals surface area (Å²) in [5, 5.41) is 10.9. The van der Waals surface area contributed by atoms with Crippen molar-refractivity contribution in [3.05, 3.63) is 17.5 Å². The molecule has 5 heteroatoms. The fourth-order valence-corrected chi connectivity index (χ4v) is 3.27. The smallest absolute Gasteiger partial charge is 0.191 e. The summed E-state index contributed by atoms with van der Waals surface area (Å²) in [6.45, 7) is 7.86. The Balaban J connectivity index is 1.84. The predicted octanol–water partition coefficient (Wildman–Crippen LogP) is 3.65. The van der Waals surface area contributed by atoms with Gasteiger partial charge in [0.25, 0.3) is 0 Å². The largest absolute Gasteiger partial charge is 0.359 e. The second-order valence-electron chi connectivity index (χ2n) is 6.48. The molecule has 1 fully saturated rings. The van der Waals surface area contributed by atoms with E-state index in [1.54, 1.807) is 0 Å². The van der Waals surface area contributed by atoms with E-state index in [9.17, 15) is 0 Å². The van der Waals surface area contributed by atoms with Crippen molar-refractivity contribution < 1.29 is 4.52 Å². The number of aryl methyl sites for hydroxylation is 1. The number of aromatic nitrogens is 1. The highest BCUT2D eigenvalue weighted by atomic mass is 16.5. The lowest BCUT2D eigenvalue weighted by molar-refractivity contribution is 0.294. The Labute approximate surface area is 140 Å². The molecule has 1 aromatic rings. The van der Waals surface area contributed by atoms with Crippen LogP contribution in [-0.2, 0) is 13.0 Å². The molecule has 1 aliphatic carbocycles. The van der Waals surface area contributed by atoms with Gasteiger partial charge in [-0.05, 0) is 44.9 Å². The number of hydrogen-bond acceptors (Lipinski definition) is 3. The van der Waals surface area contributed by atoms with Gasteiger partial charge in [0.05, 0.1) is 5.69 Å². The van der Waals surface area contributed by atoms with E-state index < -0.39 is 0 Å². The molecule has 0 unspecified atom stereocenters. The maximum Gasteiger partial charge on any atom is 0.191 e. The van der Waals surface area contributed by atoms with Gasteiger partial charge in [-0.1, -0.05) is 31.8 Å². The molecule has 130 valence electrons. The summed E-state index contributed by atoms with van der Waals surface area (Å²) in [4.78, 5) is 4.64. The molecule has 23 heavy (non-hydrogen) atoms. The molecule has 2 rings (SSSR count). The van der Waals surface area contributed by atoms with Crippen molar-refractivity contribution in [2.24, 2.45) is 10.9 Å². The highest BCUT2D eigenvalue weighted by Gasteiger charge is 2.21. The Kier molecular flexibility index (Phi) is 7.43. The highest BCUT2D eigenvalue weighted by Crippen LogP contribution is 2.27. The number of guanidine groups is 1. The summed E-state index contributed by atoms with van der Waals surface area (Å²) < 4.78 is 5.30. The summed E-state index contributed by atoms with van der Waals surface area (Å²) in [5.41, 5.74) is 0.988. The molecule has 0 amide bonds. The molecule has 1 aromatic heterocycles. The lowest BCUT2D eigenvalue weighted by Crippen LogP contribution is -2.44. The van der Waals surface area contributed by atoms with Crippen LogP contribution in [0.2, 0.25) is 0 Å². The minimum Gasteiger partial charge on any atom is -0.359 e. The third-order valence-electron chi connectivity index (χ3n) is 4.59. The average Bonchev–Trinajstić information content (AvgIpc) is 3.03. The fourth-order valence-electron chi connectivity index (χ4n) is 3.27. The van der Waals surface area contributed by atoms with Crippen molar-refractivity contribution in [1.82, 2.24) is 15.8 Å². The summed E-state index contributed by atoms with van der Waals surface area (Å²) in [6.07, 6.45) is 8.76. The predicted molar refractivity (Wildman–Crippen MR) is 94.5 cm³/mol. The van der Waals surface area contributed by atoms with Crippen LogP contribution >= 0.6 is 0 Å². The molecular formula is C18H32N4O. The van der Waals surface area contributed by atoms with Crippen LogP contribution in [0.15, 0.2) is 15.6 Å². The lowest BCUT2D eigenvalue weighted by atomic mass is 9.83. The normalized spacial score (nSPS) is 22.1. The molecule has 0 bridgehead atoms. The van der Waals surface area contributed by atoms with Crippen molar-refractivity contribution >= 4 is 5.96 Å². The first-order chi connectivity index (χ1) is 11.2. The number of aliphatic imine (C=N–C) groups is 1. The minimum absolute atomic E-state index is 0.535. The highest BCUT2D eigenvalue weighted by molar-refractivity contribution is 5.80. The zero-order chi connectivity index (χ0) is 16.5. The molecular weight excluding hydrogens is 288 g/mol. The molecule has 0 aromatic carbocycles. The van der Waals surface area contributed by atoms with Crippen molar-refractivity contribution in [3.63, 3.8) is 0 Å².